The average molecular weight is 361 g/mol. The molecule has 0 aliphatic rings. The topological polar surface area (TPSA) is 55.5 Å². The van der Waals surface area contributed by atoms with E-state index in [1.807, 2.05) is 20.8 Å². The summed E-state index contributed by atoms with van der Waals surface area (Å²) in [7, 11) is 0. The fourth-order valence-electron chi connectivity index (χ4n) is 1.59. The highest BCUT2D eigenvalue weighted by Crippen LogP contribution is 2.43. The Labute approximate surface area is 136 Å². The Morgan fingerprint density at radius 1 is 1.04 bits per heavy atom. The van der Waals surface area contributed by atoms with Crippen molar-refractivity contribution >= 4 is 0 Å². The molecule has 140 valence electrons. The van der Waals surface area contributed by atoms with Gasteiger partial charge in [-0.15, -0.1) is 0 Å². The first kappa shape index (κ1) is 22.4. The predicted octanol–water partition coefficient (Wildman–Crippen LogP) is 4.21. The lowest BCUT2D eigenvalue weighted by Gasteiger charge is -2.31. The molecular formula is C15H21F6NO2. The van der Waals surface area contributed by atoms with Crippen LogP contribution in [0.3, 0.4) is 0 Å². The van der Waals surface area contributed by atoms with E-state index < -0.39 is 30.4 Å². The van der Waals surface area contributed by atoms with Crippen LogP contribution in [0.15, 0.2) is 35.8 Å². The lowest BCUT2D eigenvalue weighted by molar-refractivity contribution is -0.376. The first-order valence-corrected chi connectivity index (χ1v) is 6.85. The maximum atomic E-state index is 12.5. The second-order valence-corrected chi connectivity index (χ2v) is 6.07. The second kappa shape index (κ2) is 7.50. The number of allylic oxidation sites excluding steroid dienone is 5. The molecule has 0 radical (unpaired) electrons. The van der Waals surface area contributed by atoms with Gasteiger partial charge in [-0.3, -0.25) is 0 Å². The lowest BCUT2D eigenvalue weighted by atomic mass is 9.86. The van der Waals surface area contributed by atoms with Gasteiger partial charge >= 0.3 is 12.4 Å². The molecular weight excluding hydrogens is 340 g/mol. The Balaban J connectivity index is 5.10. The minimum Gasteiger partial charge on any atom is -0.476 e. The molecule has 0 saturated carbocycles. The summed E-state index contributed by atoms with van der Waals surface area (Å²) < 4.78 is 79.0. The molecule has 9 heteroatoms. The molecule has 0 rings (SSSR count). The van der Waals surface area contributed by atoms with Gasteiger partial charge in [-0.05, 0) is 24.0 Å². The molecule has 0 aliphatic heterocycles. The van der Waals surface area contributed by atoms with Crippen LogP contribution in [0.25, 0.3) is 0 Å². The first-order chi connectivity index (χ1) is 10.6. The highest BCUT2D eigenvalue weighted by molar-refractivity contribution is 5.27. The van der Waals surface area contributed by atoms with Gasteiger partial charge < -0.3 is 15.6 Å². The van der Waals surface area contributed by atoms with Crippen molar-refractivity contribution in [1.29, 1.82) is 0 Å². The predicted molar refractivity (Wildman–Crippen MR) is 77.6 cm³/mol. The van der Waals surface area contributed by atoms with Crippen LogP contribution in [0.1, 0.15) is 27.7 Å². The molecule has 0 amide bonds. The van der Waals surface area contributed by atoms with Crippen molar-refractivity contribution in [3.05, 3.63) is 35.8 Å². The van der Waals surface area contributed by atoms with E-state index in [2.05, 4.69) is 4.74 Å². The van der Waals surface area contributed by atoms with E-state index in [1.165, 1.54) is 6.08 Å². The quantitative estimate of drug-likeness (QED) is 0.438. The summed E-state index contributed by atoms with van der Waals surface area (Å²) in [5, 5.41) is 8.91. The van der Waals surface area contributed by atoms with Crippen LogP contribution >= 0.6 is 0 Å². The number of halogens is 6. The molecule has 0 heterocycles. The monoisotopic (exact) mass is 361 g/mol. The molecule has 0 aliphatic carbocycles. The molecule has 0 fully saturated rings. The van der Waals surface area contributed by atoms with Gasteiger partial charge in [0.25, 0.3) is 5.60 Å². The Hall–Kier alpha value is -1.64. The average Bonchev–Trinajstić information content (AvgIpc) is 2.36. The van der Waals surface area contributed by atoms with Gasteiger partial charge in [-0.25, -0.2) is 0 Å². The van der Waals surface area contributed by atoms with Gasteiger partial charge in [0.1, 0.15) is 6.61 Å². The van der Waals surface area contributed by atoms with Crippen molar-refractivity contribution in [3.63, 3.8) is 0 Å². The number of alkyl halides is 6. The van der Waals surface area contributed by atoms with Crippen molar-refractivity contribution in [2.24, 2.45) is 11.1 Å². The fourth-order valence-corrected chi connectivity index (χ4v) is 1.59. The van der Waals surface area contributed by atoms with Crippen molar-refractivity contribution in [1.82, 2.24) is 0 Å². The third kappa shape index (κ3) is 5.77. The normalized spacial score (nSPS) is 16.0. The zero-order chi connectivity index (χ0) is 19.4. The van der Waals surface area contributed by atoms with Gasteiger partial charge in [0.15, 0.2) is 5.88 Å². The standard InChI is InChI=1S/C15H21F6NO2/c1-5-10(12(2,3)4)7-6-8-11(22)24-9-13(23,14(16,17)18)15(19,20)21/h5-8,23H,9,22H2,1-4H3/b7-6-,10-5+,11-8+. The minimum atomic E-state index is -5.95. The van der Waals surface area contributed by atoms with Gasteiger partial charge in [-0.1, -0.05) is 39.0 Å². The fraction of sp³-hybridized carbons (Fsp3) is 0.600. The summed E-state index contributed by atoms with van der Waals surface area (Å²) in [6, 6.07) is 0. The Morgan fingerprint density at radius 2 is 1.50 bits per heavy atom. The zero-order valence-electron chi connectivity index (χ0n) is 13.7. The van der Waals surface area contributed by atoms with E-state index in [-0.39, 0.29) is 5.41 Å². The Kier molecular flexibility index (Phi) is 6.99. The van der Waals surface area contributed by atoms with E-state index in [0.29, 0.717) is 0 Å². The molecule has 0 spiro atoms. The van der Waals surface area contributed by atoms with Crippen molar-refractivity contribution in [2.75, 3.05) is 6.61 Å². The van der Waals surface area contributed by atoms with Crippen LogP contribution in [-0.2, 0) is 4.74 Å². The first-order valence-electron chi connectivity index (χ1n) is 6.85. The molecule has 0 aromatic rings. The van der Waals surface area contributed by atoms with Gasteiger partial charge in [0.2, 0.25) is 0 Å². The van der Waals surface area contributed by atoms with Crippen molar-refractivity contribution in [3.8, 4) is 0 Å². The number of ether oxygens (including phenoxy) is 1. The SMILES string of the molecule is C\C=C(/C=C\C=C(/N)OCC(O)(C(F)(F)F)C(F)(F)F)C(C)(C)C. The van der Waals surface area contributed by atoms with Crippen LogP contribution < -0.4 is 5.73 Å². The molecule has 0 aromatic heterocycles. The highest BCUT2D eigenvalue weighted by atomic mass is 19.4. The van der Waals surface area contributed by atoms with E-state index in [9.17, 15) is 26.3 Å². The van der Waals surface area contributed by atoms with Crippen LogP contribution in [0.2, 0.25) is 0 Å². The number of rotatable bonds is 5. The maximum absolute atomic E-state index is 12.5. The highest BCUT2D eigenvalue weighted by Gasteiger charge is 2.71. The zero-order valence-corrected chi connectivity index (χ0v) is 13.7. The molecule has 0 saturated heterocycles. The van der Waals surface area contributed by atoms with Gasteiger partial charge in [0.05, 0.1) is 0 Å². The second-order valence-electron chi connectivity index (χ2n) is 6.07. The number of hydrogen-bond donors (Lipinski definition) is 2. The Morgan fingerprint density at radius 3 is 1.83 bits per heavy atom. The molecule has 0 unspecified atom stereocenters. The third-order valence-corrected chi connectivity index (χ3v) is 3.10. The number of aliphatic hydroxyl groups is 1. The summed E-state index contributed by atoms with van der Waals surface area (Å²) >= 11 is 0. The van der Waals surface area contributed by atoms with E-state index in [4.69, 9.17) is 10.8 Å². The molecule has 0 atom stereocenters. The van der Waals surface area contributed by atoms with Crippen molar-refractivity contribution < 1.29 is 36.2 Å². The summed E-state index contributed by atoms with van der Waals surface area (Å²) in [4.78, 5) is 0. The van der Waals surface area contributed by atoms with E-state index in [1.54, 1.807) is 19.1 Å². The van der Waals surface area contributed by atoms with Crippen LogP contribution in [-0.4, -0.2) is 29.7 Å². The molecule has 24 heavy (non-hydrogen) atoms. The van der Waals surface area contributed by atoms with E-state index >= 15 is 0 Å². The van der Waals surface area contributed by atoms with E-state index in [0.717, 1.165) is 11.6 Å². The van der Waals surface area contributed by atoms with Crippen molar-refractivity contribution in [2.45, 2.75) is 45.6 Å². The number of hydrogen-bond acceptors (Lipinski definition) is 3. The lowest BCUT2D eigenvalue weighted by Crippen LogP contribution is -2.60. The van der Waals surface area contributed by atoms with Crippen LogP contribution in [0, 0.1) is 5.41 Å². The smallest absolute Gasteiger partial charge is 0.429 e. The molecule has 0 aromatic carbocycles. The summed E-state index contributed by atoms with van der Waals surface area (Å²) in [6.07, 6.45) is -6.18. The van der Waals surface area contributed by atoms with Gasteiger partial charge in [-0.2, -0.15) is 26.3 Å². The summed E-state index contributed by atoms with van der Waals surface area (Å²) in [6.45, 7) is 5.45. The maximum Gasteiger partial charge on any atom is 0.429 e. The molecule has 3 nitrogen and oxygen atoms in total. The minimum absolute atomic E-state index is 0.207. The van der Waals surface area contributed by atoms with Gasteiger partial charge in [0, 0.05) is 0 Å². The molecule has 3 N–H and O–H groups in total. The van der Waals surface area contributed by atoms with Crippen LogP contribution in [0.4, 0.5) is 26.3 Å². The largest absolute Gasteiger partial charge is 0.476 e. The summed E-state index contributed by atoms with van der Waals surface area (Å²) in [5.41, 5.74) is 0.891. The Bertz CT molecular complexity index is 496. The number of nitrogens with two attached hydrogens (primary N) is 1. The summed E-state index contributed by atoms with van der Waals surface area (Å²) in [5.74, 6) is -0.692. The third-order valence-electron chi connectivity index (χ3n) is 3.10. The molecule has 0 bridgehead atoms. The van der Waals surface area contributed by atoms with Crippen LogP contribution in [0.5, 0.6) is 0 Å².